The summed E-state index contributed by atoms with van der Waals surface area (Å²) >= 11 is 0. The first-order chi connectivity index (χ1) is 10.8. The van der Waals surface area contributed by atoms with Crippen LogP contribution in [0.3, 0.4) is 0 Å². The maximum Gasteiger partial charge on any atom is 0.244 e. The van der Waals surface area contributed by atoms with Gasteiger partial charge in [0.25, 0.3) is 0 Å². The van der Waals surface area contributed by atoms with Crippen molar-refractivity contribution in [1.82, 2.24) is 15.0 Å². The molecule has 2 aromatic heterocycles. The lowest BCUT2D eigenvalue weighted by Gasteiger charge is -2.05. The molecule has 0 aliphatic heterocycles. The maximum atomic E-state index is 4.48. The van der Waals surface area contributed by atoms with Gasteiger partial charge in [0.1, 0.15) is 0 Å². The van der Waals surface area contributed by atoms with Crippen molar-refractivity contribution in [3.05, 3.63) is 72.2 Å². The average Bonchev–Trinajstić information content (AvgIpc) is 2.56. The normalized spacial score (nSPS) is 10.8. The molecular formula is C17H15N5. The van der Waals surface area contributed by atoms with Crippen LogP contribution in [-0.4, -0.2) is 21.2 Å². The van der Waals surface area contributed by atoms with Crippen molar-refractivity contribution in [1.29, 1.82) is 0 Å². The Balaban J connectivity index is 1.80. The molecule has 0 saturated heterocycles. The molecule has 0 atom stereocenters. The zero-order chi connectivity index (χ0) is 15.2. The van der Waals surface area contributed by atoms with Crippen LogP contribution in [0.15, 0.2) is 66.0 Å². The smallest absolute Gasteiger partial charge is 0.244 e. The van der Waals surface area contributed by atoms with Crippen LogP contribution in [0.1, 0.15) is 11.3 Å². The van der Waals surface area contributed by atoms with E-state index in [9.17, 15) is 0 Å². The Morgan fingerprint density at radius 1 is 1.05 bits per heavy atom. The molecule has 2 heterocycles. The lowest BCUT2D eigenvalue weighted by atomic mass is 10.1. The van der Waals surface area contributed by atoms with Gasteiger partial charge >= 0.3 is 0 Å². The van der Waals surface area contributed by atoms with Gasteiger partial charge in [0, 0.05) is 29.2 Å². The van der Waals surface area contributed by atoms with E-state index in [1.54, 1.807) is 18.6 Å². The van der Waals surface area contributed by atoms with Gasteiger partial charge < -0.3 is 0 Å². The number of nitrogens with zero attached hydrogens (tertiary/aromatic N) is 4. The number of rotatable bonds is 4. The highest BCUT2D eigenvalue weighted by atomic mass is 15.3. The van der Waals surface area contributed by atoms with E-state index in [1.165, 1.54) is 0 Å². The fourth-order valence-electron chi connectivity index (χ4n) is 1.99. The van der Waals surface area contributed by atoms with Crippen molar-refractivity contribution in [2.75, 3.05) is 5.43 Å². The van der Waals surface area contributed by atoms with Gasteiger partial charge in [0.2, 0.25) is 5.95 Å². The highest BCUT2D eigenvalue weighted by molar-refractivity contribution is 5.79. The predicted molar refractivity (Wildman–Crippen MR) is 87.7 cm³/mol. The summed E-state index contributed by atoms with van der Waals surface area (Å²) < 4.78 is 0. The second-order valence-electron chi connectivity index (χ2n) is 4.74. The molecule has 0 aliphatic rings. The molecule has 0 bridgehead atoms. The van der Waals surface area contributed by atoms with E-state index in [1.807, 2.05) is 55.5 Å². The van der Waals surface area contributed by atoms with E-state index < -0.39 is 0 Å². The number of hydrazone groups is 1. The molecule has 0 aliphatic carbocycles. The van der Waals surface area contributed by atoms with Gasteiger partial charge in [-0.25, -0.2) is 15.4 Å². The topological polar surface area (TPSA) is 63.1 Å². The second kappa shape index (κ2) is 6.58. The van der Waals surface area contributed by atoms with Crippen molar-refractivity contribution in [3.8, 4) is 11.3 Å². The van der Waals surface area contributed by atoms with Crippen LogP contribution >= 0.6 is 0 Å². The summed E-state index contributed by atoms with van der Waals surface area (Å²) in [4.78, 5) is 12.9. The SMILES string of the molecule is Cc1cc(-c2ccccc2)nc(N/N=C\c2cccnc2)n1. The third-order valence-electron chi connectivity index (χ3n) is 2.99. The van der Waals surface area contributed by atoms with Crippen LogP contribution in [0.2, 0.25) is 0 Å². The summed E-state index contributed by atoms with van der Waals surface area (Å²) in [5.41, 5.74) is 6.57. The lowest BCUT2D eigenvalue weighted by molar-refractivity contribution is 1.08. The number of nitrogens with one attached hydrogen (secondary N) is 1. The monoisotopic (exact) mass is 289 g/mol. The zero-order valence-electron chi connectivity index (χ0n) is 12.1. The molecule has 1 N–H and O–H groups in total. The van der Waals surface area contributed by atoms with E-state index in [4.69, 9.17) is 0 Å². The third kappa shape index (κ3) is 3.52. The Hall–Kier alpha value is -3.08. The first-order valence-electron chi connectivity index (χ1n) is 6.91. The highest BCUT2D eigenvalue weighted by Gasteiger charge is 2.03. The molecule has 0 saturated carbocycles. The van der Waals surface area contributed by atoms with Crippen molar-refractivity contribution < 1.29 is 0 Å². The Morgan fingerprint density at radius 3 is 2.68 bits per heavy atom. The van der Waals surface area contributed by atoms with Crippen molar-refractivity contribution in [2.45, 2.75) is 6.92 Å². The van der Waals surface area contributed by atoms with E-state index in [0.29, 0.717) is 5.95 Å². The molecule has 0 unspecified atom stereocenters. The molecule has 5 heteroatoms. The molecule has 0 spiro atoms. The molecule has 0 radical (unpaired) electrons. The average molecular weight is 289 g/mol. The van der Waals surface area contributed by atoms with Gasteiger partial charge in [-0.15, -0.1) is 0 Å². The van der Waals surface area contributed by atoms with Gasteiger partial charge in [-0.05, 0) is 19.1 Å². The standard InChI is InChI=1S/C17H15N5/c1-13-10-16(15-7-3-2-4-8-15)21-17(20-13)22-19-12-14-6-5-9-18-11-14/h2-12H,1H3,(H,20,21,22)/b19-12-. The van der Waals surface area contributed by atoms with E-state index in [0.717, 1.165) is 22.5 Å². The minimum absolute atomic E-state index is 0.471. The number of hydrogen-bond acceptors (Lipinski definition) is 5. The third-order valence-corrected chi connectivity index (χ3v) is 2.99. The summed E-state index contributed by atoms with van der Waals surface area (Å²) in [5, 5.41) is 4.15. The second-order valence-corrected chi connectivity index (χ2v) is 4.74. The molecule has 0 fully saturated rings. The molecule has 1 aromatic carbocycles. The van der Waals surface area contributed by atoms with Crippen LogP contribution in [0, 0.1) is 6.92 Å². The predicted octanol–water partition coefficient (Wildman–Crippen LogP) is 3.29. The van der Waals surface area contributed by atoms with Gasteiger partial charge in [0.05, 0.1) is 11.9 Å². The Bertz CT molecular complexity index is 770. The molecule has 22 heavy (non-hydrogen) atoms. The van der Waals surface area contributed by atoms with Crippen LogP contribution in [0.5, 0.6) is 0 Å². The first-order valence-corrected chi connectivity index (χ1v) is 6.91. The number of pyridine rings is 1. The number of aryl methyl sites for hydroxylation is 1. The zero-order valence-corrected chi connectivity index (χ0v) is 12.1. The molecule has 5 nitrogen and oxygen atoms in total. The minimum Gasteiger partial charge on any atom is -0.264 e. The number of hydrogen-bond donors (Lipinski definition) is 1. The van der Waals surface area contributed by atoms with Gasteiger partial charge in [-0.3, -0.25) is 4.98 Å². The van der Waals surface area contributed by atoms with Crippen LogP contribution in [0.4, 0.5) is 5.95 Å². The van der Waals surface area contributed by atoms with Crippen molar-refractivity contribution in [3.63, 3.8) is 0 Å². The number of benzene rings is 1. The van der Waals surface area contributed by atoms with E-state index >= 15 is 0 Å². The number of anilines is 1. The van der Waals surface area contributed by atoms with Crippen LogP contribution in [0.25, 0.3) is 11.3 Å². The summed E-state index contributed by atoms with van der Waals surface area (Å²) in [6.45, 7) is 1.93. The Morgan fingerprint density at radius 2 is 1.91 bits per heavy atom. The maximum absolute atomic E-state index is 4.48. The fraction of sp³-hybridized carbons (Fsp3) is 0.0588. The molecule has 3 aromatic rings. The largest absolute Gasteiger partial charge is 0.264 e. The first kappa shape index (κ1) is 13.9. The van der Waals surface area contributed by atoms with Crippen LogP contribution in [-0.2, 0) is 0 Å². The highest BCUT2D eigenvalue weighted by Crippen LogP contribution is 2.18. The van der Waals surface area contributed by atoms with Gasteiger partial charge in [-0.1, -0.05) is 36.4 Å². The lowest BCUT2D eigenvalue weighted by Crippen LogP contribution is -2.00. The fourth-order valence-corrected chi connectivity index (χ4v) is 1.99. The van der Waals surface area contributed by atoms with E-state index in [2.05, 4.69) is 25.5 Å². The summed E-state index contributed by atoms with van der Waals surface area (Å²) in [6, 6.07) is 15.7. The van der Waals surface area contributed by atoms with Gasteiger partial charge in [-0.2, -0.15) is 5.10 Å². The molecule has 3 rings (SSSR count). The molecule has 108 valence electrons. The van der Waals surface area contributed by atoms with Gasteiger partial charge in [0.15, 0.2) is 0 Å². The van der Waals surface area contributed by atoms with Crippen molar-refractivity contribution in [2.24, 2.45) is 5.10 Å². The Kier molecular flexibility index (Phi) is 4.15. The van der Waals surface area contributed by atoms with E-state index in [-0.39, 0.29) is 0 Å². The van der Waals surface area contributed by atoms with Crippen molar-refractivity contribution >= 4 is 12.2 Å². The molecule has 0 amide bonds. The summed E-state index contributed by atoms with van der Waals surface area (Å²) in [6.07, 6.45) is 5.14. The minimum atomic E-state index is 0.471. The molecular weight excluding hydrogens is 274 g/mol. The summed E-state index contributed by atoms with van der Waals surface area (Å²) in [7, 11) is 0. The van der Waals surface area contributed by atoms with Crippen LogP contribution < -0.4 is 5.43 Å². The summed E-state index contributed by atoms with van der Waals surface area (Å²) in [5.74, 6) is 0.471. The Labute approximate surface area is 128 Å². The number of aromatic nitrogens is 3. The quantitative estimate of drug-likeness (QED) is 0.591.